The topological polar surface area (TPSA) is 46.6 Å². The first-order valence-corrected chi connectivity index (χ1v) is 6.17. The quantitative estimate of drug-likeness (QED) is 0.716. The number of ether oxygens (including phenoxy) is 1. The summed E-state index contributed by atoms with van der Waals surface area (Å²) in [4.78, 5) is 25.1. The Morgan fingerprint density at radius 2 is 2.06 bits per heavy atom. The van der Waals surface area contributed by atoms with Crippen LogP contribution in [-0.4, -0.2) is 23.9 Å². The zero-order valence-corrected chi connectivity index (χ0v) is 10.5. The van der Waals surface area contributed by atoms with Crippen LogP contribution < -0.4 is 4.90 Å². The number of thioether (sulfide) groups is 1. The Kier molecular flexibility index (Phi) is 3.38. The first-order valence-electron chi connectivity index (χ1n) is 5.29. The fourth-order valence-electron chi connectivity index (χ4n) is 1.75. The number of carbonyl (C=O) groups is 2. The van der Waals surface area contributed by atoms with E-state index in [1.54, 1.807) is 4.90 Å². The largest absolute Gasteiger partial charge is 0.449 e. The molecule has 1 unspecified atom stereocenters. The number of hydrogen-bond acceptors (Lipinski definition) is 4. The van der Waals surface area contributed by atoms with Crippen molar-refractivity contribution in [2.45, 2.75) is 24.2 Å². The summed E-state index contributed by atoms with van der Waals surface area (Å²) in [5.41, 5.74) is 0.555. The maximum atomic E-state index is 11.6. The molecule has 0 radical (unpaired) electrons. The van der Waals surface area contributed by atoms with Crippen molar-refractivity contribution in [2.24, 2.45) is 0 Å². The van der Waals surface area contributed by atoms with Crippen LogP contribution in [0.3, 0.4) is 0 Å². The van der Waals surface area contributed by atoms with Gasteiger partial charge in [-0.3, -0.25) is 9.59 Å². The van der Waals surface area contributed by atoms with Gasteiger partial charge in [-0.05, 0) is 12.1 Å². The fraction of sp³-hybridized carbons (Fsp3) is 0.333. The van der Waals surface area contributed by atoms with Gasteiger partial charge in [0.15, 0.2) is 5.44 Å². The van der Waals surface area contributed by atoms with Crippen molar-refractivity contribution in [3.63, 3.8) is 0 Å². The molecule has 0 aromatic heterocycles. The zero-order valence-electron chi connectivity index (χ0n) is 9.67. The number of nitrogens with zero attached hydrogens (tertiary/aromatic N) is 1. The van der Waals surface area contributed by atoms with Crippen LogP contribution in [0.25, 0.3) is 0 Å². The highest BCUT2D eigenvalue weighted by atomic mass is 32.2. The van der Waals surface area contributed by atoms with E-state index < -0.39 is 0 Å². The van der Waals surface area contributed by atoms with Gasteiger partial charge >= 0.3 is 5.97 Å². The lowest BCUT2D eigenvalue weighted by Gasteiger charge is -2.32. The Balaban J connectivity index is 2.29. The molecule has 90 valence electrons. The normalized spacial score (nSPS) is 18.5. The van der Waals surface area contributed by atoms with Gasteiger partial charge in [-0.25, -0.2) is 0 Å². The Morgan fingerprint density at radius 3 is 2.71 bits per heavy atom. The lowest BCUT2D eigenvalue weighted by Crippen LogP contribution is -2.39. The van der Waals surface area contributed by atoms with Crippen molar-refractivity contribution in [2.75, 3.05) is 11.4 Å². The van der Waals surface area contributed by atoms with Gasteiger partial charge < -0.3 is 9.64 Å². The Labute approximate surface area is 104 Å². The second-order valence-corrected chi connectivity index (χ2v) is 4.96. The molecule has 0 fully saturated rings. The molecule has 1 atom stereocenters. The molecule has 1 heterocycles. The highest BCUT2D eigenvalue weighted by molar-refractivity contribution is 8.00. The minimum atomic E-state index is -0.328. The summed E-state index contributed by atoms with van der Waals surface area (Å²) < 4.78 is 5.16. The molecule has 5 heteroatoms. The van der Waals surface area contributed by atoms with Crippen molar-refractivity contribution >= 4 is 29.3 Å². The average Bonchev–Trinajstić information content (AvgIpc) is 2.27. The molecule has 0 saturated carbocycles. The molecular weight excluding hydrogens is 238 g/mol. The highest BCUT2D eigenvalue weighted by Crippen LogP contribution is 2.38. The van der Waals surface area contributed by atoms with Gasteiger partial charge in [0.25, 0.3) is 0 Å². The minimum Gasteiger partial charge on any atom is -0.449 e. The molecule has 0 aliphatic carbocycles. The van der Waals surface area contributed by atoms with Gasteiger partial charge in [0.2, 0.25) is 5.91 Å². The van der Waals surface area contributed by atoms with E-state index in [9.17, 15) is 9.59 Å². The van der Waals surface area contributed by atoms with E-state index >= 15 is 0 Å². The first-order chi connectivity index (χ1) is 8.08. The predicted molar refractivity (Wildman–Crippen MR) is 65.9 cm³/mol. The smallest absolute Gasteiger partial charge is 0.303 e. The van der Waals surface area contributed by atoms with Gasteiger partial charge in [-0.2, -0.15) is 0 Å². The first kappa shape index (κ1) is 12.0. The molecule has 0 bridgehead atoms. The number of hydrogen-bond donors (Lipinski definition) is 0. The molecule has 0 N–H and O–H groups in total. The molecule has 0 saturated heterocycles. The summed E-state index contributed by atoms with van der Waals surface area (Å²) in [6.07, 6.45) is 0. The van der Waals surface area contributed by atoms with Crippen LogP contribution in [0.1, 0.15) is 13.8 Å². The van der Waals surface area contributed by atoms with Gasteiger partial charge in [0.1, 0.15) is 0 Å². The third-order valence-electron chi connectivity index (χ3n) is 2.42. The SMILES string of the molecule is CC(=O)OC1CN(C(C)=O)c2ccccc2S1. The van der Waals surface area contributed by atoms with E-state index in [1.807, 2.05) is 24.3 Å². The standard InChI is InChI=1S/C12H13NO3S/c1-8(14)13-7-12(16-9(2)15)17-11-6-4-3-5-10(11)13/h3-6,12H,7H2,1-2H3. The molecule has 17 heavy (non-hydrogen) atoms. The van der Waals surface area contributed by atoms with E-state index in [-0.39, 0.29) is 17.3 Å². The van der Waals surface area contributed by atoms with Crippen LogP contribution in [0.5, 0.6) is 0 Å². The number of esters is 1. The fourth-order valence-corrected chi connectivity index (χ4v) is 2.90. The van der Waals surface area contributed by atoms with Crippen molar-refractivity contribution in [1.82, 2.24) is 0 Å². The van der Waals surface area contributed by atoms with E-state index in [0.29, 0.717) is 6.54 Å². The predicted octanol–water partition coefficient (Wildman–Crippen LogP) is 2.03. The van der Waals surface area contributed by atoms with Crippen molar-refractivity contribution in [3.05, 3.63) is 24.3 Å². The Morgan fingerprint density at radius 1 is 1.35 bits per heavy atom. The van der Waals surface area contributed by atoms with Crippen LogP contribution in [-0.2, 0) is 14.3 Å². The van der Waals surface area contributed by atoms with E-state index in [4.69, 9.17) is 4.74 Å². The van der Waals surface area contributed by atoms with Gasteiger partial charge in [-0.15, -0.1) is 0 Å². The highest BCUT2D eigenvalue weighted by Gasteiger charge is 2.28. The van der Waals surface area contributed by atoms with Crippen LogP contribution in [0.15, 0.2) is 29.2 Å². The second kappa shape index (κ2) is 4.79. The molecule has 4 nitrogen and oxygen atoms in total. The van der Waals surface area contributed by atoms with Crippen LogP contribution in [0.4, 0.5) is 5.69 Å². The monoisotopic (exact) mass is 251 g/mol. The molecule has 1 aromatic carbocycles. The number of anilines is 1. The lowest BCUT2D eigenvalue weighted by molar-refractivity contribution is -0.142. The van der Waals surface area contributed by atoms with Crippen LogP contribution in [0, 0.1) is 0 Å². The van der Waals surface area contributed by atoms with Gasteiger partial charge in [0.05, 0.1) is 12.2 Å². The summed E-state index contributed by atoms with van der Waals surface area (Å²) in [7, 11) is 0. The third-order valence-corrected chi connectivity index (χ3v) is 3.53. The number of carbonyl (C=O) groups excluding carboxylic acids is 2. The van der Waals surface area contributed by atoms with Crippen molar-refractivity contribution in [3.8, 4) is 0 Å². The van der Waals surface area contributed by atoms with Crippen LogP contribution in [0.2, 0.25) is 0 Å². The number of benzene rings is 1. The summed E-state index contributed by atoms with van der Waals surface area (Å²) in [6.45, 7) is 3.29. The molecule has 2 rings (SSSR count). The third kappa shape index (κ3) is 2.61. The van der Waals surface area contributed by atoms with Crippen LogP contribution >= 0.6 is 11.8 Å². The molecule has 1 aromatic rings. The minimum absolute atomic E-state index is 0.0464. The number of rotatable bonds is 1. The Hall–Kier alpha value is -1.49. The molecule has 1 amide bonds. The number of fused-ring (bicyclic) bond motifs is 1. The summed E-state index contributed by atoms with van der Waals surface area (Å²) in [6, 6.07) is 7.61. The van der Waals surface area contributed by atoms with Crippen molar-refractivity contribution in [1.29, 1.82) is 0 Å². The zero-order chi connectivity index (χ0) is 12.4. The Bertz CT molecular complexity index is 461. The van der Waals surface area contributed by atoms with E-state index in [2.05, 4.69) is 0 Å². The number of para-hydroxylation sites is 1. The van der Waals surface area contributed by atoms with Crippen molar-refractivity contribution < 1.29 is 14.3 Å². The van der Waals surface area contributed by atoms with Gasteiger partial charge in [-0.1, -0.05) is 23.9 Å². The maximum absolute atomic E-state index is 11.6. The van der Waals surface area contributed by atoms with E-state index in [0.717, 1.165) is 10.6 Å². The molecule has 0 spiro atoms. The second-order valence-electron chi connectivity index (χ2n) is 3.75. The number of amides is 1. The maximum Gasteiger partial charge on any atom is 0.303 e. The van der Waals surface area contributed by atoms with Gasteiger partial charge in [0, 0.05) is 18.7 Å². The van der Waals surface area contributed by atoms with E-state index in [1.165, 1.54) is 25.6 Å². The summed E-state index contributed by atoms with van der Waals surface area (Å²) >= 11 is 1.47. The summed E-state index contributed by atoms with van der Waals surface area (Å²) in [5.74, 6) is -0.375. The summed E-state index contributed by atoms with van der Waals surface area (Å²) in [5, 5.41) is 0. The average molecular weight is 251 g/mol. The lowest BCUT2D eigenvalue weighted by atomic mass is 10.2. The molecular formula is C12H13NO3S. The molecule has 1 aliphatic heterocycles. The molecule has 1 aliphatic rings.